The summed E-state index contributed by atoms with van der Waals surface area (Å²) in [7, 11) is 0. The number of furan rings is 1. The van der Waals surface area contributed by atoms with Crippen molar-refractivity contribution in [1.82, 2.24) is 15.5 Å². The smallest absolute Gasteiger partial charge is 0.251 e. The van der Waals surface area contributed by atoms with Gasteiger partial charge in [0, 0.05) is 30.0 Å². The fourth-order valence-electron chi connectivity index (χ4n) is 2.84. The minimum absolute atomic E-state index is 0.129. The molecule has 2 heterocycles. The molecule has 1 N–H and O–H groups in total. The van der Waals surface area contributed by atoms with Crippen LogP contribution in [0.4, 0.5) is 0 Å². The number of nitrogens with zero attached hydrogens (tertiary/aromatic N) is 2. The maximum absolute atomic E-state index is 12.3. The van der Waals surface area contributed by atoms with Crippen molar-refractivity contribution in [3.05, 3.63) is 59.9 Å². The van der Waals surface area contributed by atoms with Crippen molar-refractivity contribution in [3.8, 4) is 11.3 Å². The van der Waals surface area contributed by atoms with Crippen LogP contribution in [0.3, 0.4) is 0 Å². The highest BCUT2D eigenvalue weighted by molar-refractivity contribution is 5.95. The van der Waals surface area contributed by atoms with E-state index in [1.807, 2.05) is 30.3 Å². The molecule has 1 aromatic carbocycles. The Morgan fingerprint density at radius 3 is 2.92 bits per heavy atom. The number of carbonyl (C=O) groups excluding carboxylic acids is 1. The molecule has 0 saturated heterocycles. The summed E-state index contributed by atoms with van der Waals surface area (Å²) in [6.45, 7) is 0.466. The van der Waals surface area contributed by atoms with E-state index in [1.54, 1.807) is 12.3 Å². The lowest BCUT2D eigenvalue weighted by Gasteiger charge is -2.20. The number of aromatic nitrogens is 2. The van der Waals surface area contributed by atoms with E-state index in [2.05, 4.69) is 15.5 Å². The monoisotopic (exact) mass is 337 g/mol. The molecular weight excluding hydrogens is 318 g/mol. The third-order valence-corrected chi connectivity index (χ3v) is 4.50. The summed E-state index contributed by atoms with van der Waals surface area (Å²) in [5.74, 6) is 2.42. The molecule has 25 heavy (non-hydrogen) atoms. The molecule has 1 saturated carbocycles. The number of carbonyl (C=O) groups is 1. The maximum Gasteiger partial charge on any atom is 0.251 e. The Kier molecular flexibility index (Phi) is 4.33. The topological polar surface area (TPSA) is 81.2 Å². The maximum atomic E-state index is 12.3. The molecule has 1 fully saturated rings. The Labute approximate surface area is 145 Å². The van der Waals surface area contributed by atoms with Crippen LogP contribution >= 0.6 is 0 Å². The van der Waals surface area contributed by atoms with Gasteiger partial charge in [0.2, 0.25) is 5.89 Å². The molecule has 1 aliphatic carbocycles. The standard InChI is InChI=1S/C19H19N3O3/c23-18(15-7-2-6-14(12-15)16-8-3-11-24-16)20-10-9-17-21-19(25-22-17)13-4-1-5-13/h2-3,6-8,11-13H,1,4-5,9-10H2,(H,20,23). The number of amides is 1. The molecule has 4 rings (SSSR count). The fraction of sp³-hybridized carbons (Fsp3) is 0.316. The Morgan fingerprint density at radius 2 is 2.16 bits per heavy atom. The van der Waals surface area contributed by atoms with Gasteiger partial charge in [0.15, 0.2) is 5.82 Å². The minimum atomic E-state index is -0.129. The molecule has 0 radical (unpaired) electrons. The Hall–Kier alpha value is -2.89. The van der Waals surface area contributed by atoms with E-state index in [1.165, 1.54) is 6.42 Å². The summed E-state index contributed by atoms with van der Waals surface area (Å²) in [6, 6.07) is 11.0. The zero-order valence-corrected chi connectivity index (χ0v) is 13.8. The summed E-state index contributed by atoms with van der Waals surface area (Å²) in [4.78, 5) is 16.7. The van der Waals surface area contributed by atoms with Crippen LogP contribution in [0.15, 0.2) is 51.6 Å². The molecule has 0 atom stereocenters. The Balaban J connectivity index is 1.33. The fourth-order valence-corrected chi connectivity index (χ4v) is 2.84. The highest BCUT2D eigenvalue weighted by atomic mass is 16.5. The first-order valence-electron chi connectivity index (χ1n) is 8.54. The predicted molar refractivity (Wildman–Crippen MR) is 91.1 cm³/mol. The van der Waals surface area contributed by atoms with Gasteiger partial charge in [-0.1, -0.05) is 23.7 Å². The van der Waals surface area contributed by atoms with Gasteiger partial charge in [-0.25, -0.2) is 0 Å². The van der Waals surface area contributed by atoms with Crippen molar-refractivity contribution in [2.24, 2.45) is 0 Å². The SMILES string of the molecule is O=C(NCCc1noc(C2CCC2)n1)c1cccc(-c2ccco2)c1. The van der Waals surface area contributed by atoms with E-state index in [9.17, 15) is 4.79 Å². The van der Waals surface area contributed by atoms with Crippen LogP contribution in [0.2, 0.25) is 0 Å². The van der Waals surface area contributed by atoms with E-state index in [0.29, 0.717) is 30.3 Å². The highest BCUT2D eigenvalue weighted by Gasteiger charge is 2.25. The average molecular weight is 337 g/mol. The normalized spacial score (nSPS) is 14.2. The predicted octanol–water partition coefficient (Wildman–Crippen LogP) is 3.57. The van der Waals surface area contributed by atoms with E-state index in [0.717, 1.165) is 30.1 Å². The molecule has 0 aliphatic heterocycles. The largest absolute Gasteiger partial charge is 0.464 e. The van der Waals surface area contributed by atoms with Gasteiger partial charge in [-0.2, -0.15) is 4.98 Å². The first-order valence-corrected chi connectivity index (χ1v) is 8.54. The first kappa shape index (κ1) is 15.6. The van der Waals surface area contributed by atoms with E-state index >= 15 is 0 Å². The molecule has 128 valence electrons. The molecule has 0 spiro atoms. The highest BCUT2D eigenvalue weighted by Crippen LogP contribution is 2.35. The van der Waals surface area contributed by atoms with Crippen LogP contribution in [0.1, 0.15) is 47.3 Å². The number of hydrogen-bond acceptors (Lipinski definition) is 5. The van der Waals surface area contributed by atoms with Gasteiger partial charge in [0.25, 0.3) is 5.91 Å². The van der Waals surface area contributed by atoms with Gasteiger partial charge in [0.1, 0.15) is 5.76 Å². The summed E-state index contributed by atoms with van der Waals surface area (Å²) >= 11 is 0. The number of rotatable bonds is 6. The molecule has 0 bridgehead atoms. The van der Waals surface area contributed by atoms with Gasteiger partial charge >= 0.3 is 0 Å². The Morgan fingerprint density at radius 1 is 1.24 bits per heavy atom. The lowest BCUT2D eigenvalue weighted by Crippen LogP contribution is -2.26. The lowest BCUT2D eigenvalue weighted by atomic mass is 9.85. The Bertz CT molecular complexity index is 850. The van der Waals surface area contributed by atoms with Crippen molar-refractivity contribution in [2.75, 3.05) is 6.54 Å². The van der Waals surface area contributed by atoms with E-state index in [-0.39, 0.29) is 5.91 Å². The molecule has 0 unspecified atom stereocenters. The molecular formula is C19H19N3O3. The van der Waals surface area contributed by atoms with Gasteiger partial charge < -0.3 is 14.3 Å². The summed E-state index contributed by atoms with van der Waals surface area (Å²) in [5.41, 5.74) is 1.47. The number of hydrogen-bond donors (Lipinski definition) is 1. The zero-order chi connectivity index (χ0) is 17.1. The van der Waals surface area contributed by atoms with Crippen LogP contribution in [0.25, 0.3) is 11.3 Å². The molecule has 2 aromatic heterocycles. The zero-order valence-electron chi connectivity index (χ0n) is 13.8. The lowest BCUT2D eigenvalue weighted by molar-refractivity contribution is 0.0954. The number of benzene rings is 1. The summed E-state index contributed by atoms with van der Waals surface area (Å²) in [5, 5.41) is 6.88. The quantitative estimate of drug-likeness (QED) is 0.743. The minimum Gasteiger partial charge on any atom is -0.464 e. The third-order valence-electron chi connectivity index (χ3n) is 4.50. The van der Waals surface area contributed by atoms with Crippen LogP contribution in [-0.4, -0.2) is 22.6 Å². The molecule has 1 aliphatic rings. The molecule has 6 heteroatoms. The average Bonchev–Trinajstić information content (AvgIpc) is 3.25. The van der Waals surface area contributed by atoms with Gasteiger partial charge in [0.05, 0.1) is 6.26 Å². The first-order chi connectivity index (χ1) is 12.3. The van der Waals surface area contributed by atoms with Gasteiger partial charge in [-0.05, 0) is 37.1 Å². The second-order valence-corrected chi connectivity index (χ2v) is 6.24. The van der Waals surface area contributed by atoms with Crippen molar-refractivity contribution in [1.29, 1.82) is 0 Å². The van der Waals surface area contributed by atoms with Crippen LogP contribution in [0, 0.1) is 0 Å². The molecule has 1 amide bonds. The van der Waals surface area contributed by atoms with Crippen molar-refractivity contribution < 1.29 is 13.7 Å². The second-order valence-electron chi connectivity index (χ2n) is 6.24. The second kappa shape index (κ2) is 6.93. The van der Waals surface area contributed by atoms with Gasteiger partial charge in [-0.3, -0.25) is 4.79 Å². The van der Waals surface area contributed by atoms with Gasteiger partial charge in [-0.15, -0.1) is 0 Å². The number of nitrogens with one attached hydrogen (secondary N) is 1. The summed E-state index contributed by atoms with van der Waals surface area (Å²) < 4.78 is 10.7. The van der Waals surface area contributed by atoms with Crippen LogP contribution in [0.5, 0.6) is 0 Å². The molecule has 3 aromatic rings. The van der Waals surface area contributed by atoms with E-state index in [4.69, 9.17) is 8.94 Å². The van der Waals surface area contributed by atoms with Crippen molar-refractivity contribution in [2.45, 2.75) is 31.6 Å². The molecule has 6 nitrogen and oxygen atoms in total. The van der Waals surface area contributed by atoms with E-state index < -0.39 is 0 Å². The van der Waals surface area contributed by atoms with Crippen molar-refractivity contribution in [3.63, 3.8) is 0 Å². The van der Waals surface area contributed by atoms with Crippen LogP contribution < -0.4 is 5.32 Å². The van der Waals surface area contributed by atoms with Crippen molar-refractivity contribution >= 4 is 5.91 Å². The third kappa shape index (κ3) is 3.47. The van der Waals surface area contributed by atoms with Crippen LogP contribution in [-0.2, 0) is 6.42 Å². The summed E-state index contributed by atoms with van der Waals surface area (Å²) in [6.07, 6.45) is 5.66.